The quantitative estimate of drug-likeness (QED) is 0.757. The summed E-state index contributed by atoms with van der Waals surface area (Å²) in [6, 6.07) is 9.45. The predicted octanol–water partition coefficient (Wildman–Crippen LogP) is 1.18. The maximum Gasteiger partial charge on any atom is 0.312 e. The van der Waals surface area contributed by atoms with Crippen LogP contribution in [0.2, 0.25) is 0 Å². The lowest BCUT2D eigenvalue weighted by Gasteiger charge is -2.41. The van der Waals surface area contributed by atoms with Gasteiger partial charge in [0, 0.05) is 37.5 Å². The van der Waals surface area contributed by atoms with Crippen LogP contribution in [0, 0.1) is 5.82 Å². The van der Waals surface area contributed by atoms with E-state index in [1.165, 1.54) is 15.9 Å². The minimum Gasteiger partial charge on any atom is -0.329 e. The van der Waals surface area contributed by atoms with Gasteiger partial charge in [-0.05, 0) is 24.3 Å². The number of carbonyl (C=O) groups is 3. The number of hydrogen-bond donors (Lipinski definition) is 0. The zero-order valence-corrected chi connectivity index (χ0v) is 14.5. The zero-order chi connectivity index (χ0) is 19.0. The van der Waals surface area contributed by atoms with Crippen molar-refractivity contribution in [3.8, 4) is 11.3 Å². The van der Waals surface area contributed by atoms with Crippen LogP contribution in [0.4, 0.5) is 4.39 Å². The highest BCUT2D eigenvalue weighted by Crippen LogP contribution is 2.24. The molecule has 1 aromatic carbocycles. The fraction of sp³-hybridized carbons (Fsp3) is 0.316. The molecule has 0 spiro atoms. The Balaban J connectivity index is 1.42. The van der Waals surface area contributed by atoms with Crippen LogP contribution in [0.25, 0.3) is 11.3 Å². The summed E-state index contributed by atoms with van der Waals surface area (Å²) in [6.45, 7) is 0.946. The molecule has 0 atom stereocenters. The Hall–Kier alpha value is -3.16. The molecule has 2 fully saturated rings. The van der Waals surface area contributed by atoms with Crippen LogP contribution in [-0.4, -0.2) is 56.7 Å². The molecule has 8 heteroatoms. The van der Waals surface area contributed by atoms with Gasteiger partial charge in [0.2, 0.25) is 0 Å². The Labute approximate surface area is 154 Å². The molecule has 1 saturated carbocycles. The van der Waals surface area contributed by atoms with Gasteiger partial charge in [-0.2, -0.15) is 10.2 Å². The van der Waals surface area contributed by atoms with Crippen molar-refractivity contribution in [2.45, 2.75) is 25.4 Å². The highest BCUT2D eigenvalue weighted by molar-refractivity contribution is 6.35. The van der Waals surface area contributed by atoms with Gasteiger partial charge in [-0.3, -0.25) is 14.4 Å². The smallest absolute Gasteiger partial charge is 0.312 e. The molecule has 0 bridgehead atoms. The SMILES string of the molecule is O=C1CC(N2CCN(Cc3ccc(-c4ccccc4F)nn3)C(=O)C2=O)C1. The molecule has 138 valence electrons. The first-order valence-corrected chi connectivity index (χ1v) is 8.72. The average molecular weight is 368 g/mol. The minimum atomic E-state index is -0.597. The van der Waals surface area contributed by atoms with E-state index < -0.39 is 11.8 Å². The number of nitrogens with zero attached hydrogens (tertiary/aromatic N) is 4. The summed E-state index contributed by atoms with van der Waals surface area (Å²) in [7, 11) is 0. The monoisotopic (exact) mass is 368 g/mol. The van der Waals surface area contributed by atoms with Crippen molar-refractivity contribution in [1.82, 2.24) is 20.0 Å². The third kappa shape index (κ3) is 3.30. The number of carbonyl (C=O) groups excluding carboxylic acids is 3. The Morgan fingerprint density at radius 2 is 1.74 bits per heavy atom. The lowest BCUT2D eigenvalue weighted by molar-refractivity contribution is -0.160. The molecule has 27 heavy (non-hydrogen) atoms. The zero-order valence-electron chi connectivity index (χ0n) is 14.5. The molecule has 2 amide bonds. The number of ketones is 1. The summed E-state index contributed by atoms with van der Waals surface area (Å²) < 4.78 is 13.8. The van der Waals surface area contributed by atoms with E-state index in [1.807, 2.05) is 0 Å². The largest absolute Gasteiger partial charge is 0.329 e. The van der Waals surface area contributed by atoms with Crippen LogP contribution in [0.5, 0.6) is 0 Å². The Kier molecular flexibility index (Phi) is 4.39. The van der Waals surface area contributed by atoms with Crippen molar-refractivity contribution in [1.29, 1.82) is 0 Å². The van der Waals surface area contributed by atoms with Gasteiger partial charge in [-0.1, -0.05) is 12.1 Å². The second-order valence-electron chi connectivity index (χ2n) is 6.72. The topological polar surface area (TPSA) is 83.5 Å². The van der Waals surface area contributed by atoms with E-state index in [2.05, 4.69) is 10.2 Å². The molecule has 2 aromatic rings. The van der Waals surface area contributed by atoms with Crippen molar-refractivity contribution in [3.05, 3.63) is 47.9 Å². The predicted molar refractivity (Wildman–Crippen MR) is 92.6 cm³/mol. The van der Waals surface area contributed by atoms with Crippen LogP contribution >= 0.6 is 0 Å². The maximum atomic E-state index is 13.8. The van der Waals surface area contributed by atoms with Crippen molar-refractivity contribution in [2.24, 2.45) is 0 Å². The normalized spacial score (nSPS) is 18.0. The number of amides is 2. The first-order valence-electron chi connectivity index (χ1n) is 8.72. The lowest BCUT2D eigenvalue weighted by atomic mass is 9.89. The Bertz CT molecular complexity index is 907. The molecule has 2 aliphatic rings. The second-order valence-corrected chi connectivity index (χ2v) is 6.72. The maximum absolute atomic E-state index is 13.8. The van der Waals surface area contributed by atoms with E-state index in [0.29, 0.717) is 42.9 Å². The third-order valence-electron chi connectivity index (χ3n) is 4.93. The number of benzene rings is 1. The minimum absolute atomic E-state index is 0.118. The summed E-state index contributed by atoms with van der Waals surface area (Å²) in [5.41, 5.74) is 1.27. The Morgan fingerprint density at radius 1 is 0.963 bits per heavy atom. The van der Waals surface area contributed by atoms with Gasteiger partial charge in [0.25, 0.3) is 0 Å². The van der Waals surface area contributed by atoms with Crippen LogP contribution < -0.4 is 0 Å². The standard InChI is InChI=1S/C19H17FN4O3/c20-16-4-2-1-3-15(16)17-6-5-12(21-22-17)11-23-7-8-24(19(27)18(23)26)13-9-14(25)10-13/h1-6,13H,7-11H2. The van der Waals surface area contributed by atoms with Crippen LogP contribution in [0.1, 0.15) is 18.5 Å². The summed E-state index contributed by atoms with van der Waals surface area (Å²) in [4.78, 5) is 38.7. The molecule has 2 heterocycles. The summed E-state index contributed by atoms with van der Waals surface area (Å²) in [5, 5.41) is 8.09. The van der Waals surface area contributed by atoms with Gasteiger partial charge in [-0.25, -0.2) is 4.39 Å². The number of hydrogen-bond acceptors (Lipinski definition) is 5. The molecule has 1 aliphatic heterocycles. The van der Waals surface area contributed by atoms with Gasteiger partial charge in [-0.15, -0.1) is 0 Å². The first kappa shape index (κ1) is 17.3. The fourth-order valence-electron chi connectivity index (χ4n) is 3.33. The van der Waals surface area contributed by atoms with Gasteiger partial charge in [0.1, 0.15) is 11.6 Å². The molecular weight excluding hydrogens is 351 g/mol. The van der Waals surface area contributed by atoms with Gasteiger partial charge in [0.05, 0.1) is 17.9 Å². The molecule has 1 aromatic heterocycles. The van der Waals surface area contributed by atoms with Crippen molar-refractivity contribution in [3.63, 3.8) is 0 Å². The molecule has 7 nitrogen and oxygen atoms in total. The average Bonchev–Trinajstić information content (AvgIpc) is 2.65. The number of piperazine rings is 1. The van der Waals surface area contributed by atoms with Gasteiger partial charge >= 0.3 is 11.8 Å². The molecule has 0 unspecified atom stereocenters. The highest BCUT2D eigenvalue weighted by Gasteiger charge is 2.41. The summed E-state index contributed by atoms with van der Waals surface area (Å²) in [6.07, 6.45) is 0.671. The summed E-state index contributed by atoms with van der Waals surface area (Å²) in [5.74, 6) is -1.44. The molecule has 0 radical (unpaired) electrons. The fourth-order valence-corrected chi connectivity index (χ4v) is 3.33. The number of halogens is 1. The number of Topliss-reactive ketones (excluding diaryl/α,β-unsaturated/α-hetero) is 1. The lowest BCUT2D eigenvalue weighted by Crippen LogP contribution is -2.59. The molecule has 1 aliphatic carbocycles. The molecule has 1 saturated heterocycles. The van der Waals surface area contributed by atoms with E-state index in [0.717, 1.165) is 0 Å². The van der Waals surface area contributed by atoms with Gasteiger partial charge < -0.3 is 9.80 Å². The number of rotatable bonds is 4. The molecule has 4 rings (SSSR count). The van der Waals surface area contributed by atoms with Gasteiger partial charge in [0.15, 0.2) is 0 Å². The van der Waals surface area contributed by atoms with E-state index in [-0.39, 0.29) is 24.2 Å². The molecular formula is C19H17FN4O3. The summed E-state index contributed by atoms with van der Waals surface area (Å²) >= 11 is 0. The van der Waals surface area contributed by atoms with E-state index in [9.17, 15) is 18.8 Å². The van der Waals surface area contributed by atoms with E-state index in [4.69, 9.17) is 0 Å². The highest BCUT2D eigenvalue weighted by atomic mass is 19.1. The Morgan fingerprint density at radius 3 is 2.41 bits per heavy atom. The van der Waals surface area contributed by atoms with E-state index in [1.54, 1.807) is 30.3 Å². The second kappa shape index (κ2) is 6.86. The van der Waals surface area contributed by atoms with Crippen molar-refractivity contribution < 1.29 is 18.8 Å². The number of aromatic nitrogens is 2. The third-order valence-corrected chi connectivity index (χ3v) is 4.93. The van der Waals surface area contributed by atoms with Crippen LogP contribution in [0.15, 0.2) is 36.4 Å². The van der Waals surface area contributed by atoms with E-state index >= 15 is 0 Å². The van der Waals surface area contributed by atoms with Crippen LogP contribution in [0.3, 0.4) is 0 Å². The molecule has 0 N–H and O–H groups in total. The van der Waals surface area contributed by atoms with Crippen LogP contribution in [-0.2, 0) is 20.9 Å². The van der Waals surface area contributed by atoms with Crippen molar-refractivity contribution in [2.75, 3.05) is 13.1 Å². The first-order chi connectivity index (χ1) is 13.0. The van der Waals surface area contributed by atoms with Crippen molar-refractivity contribution >= 4 is 17.6 Å².